The molecule has 4 rings (SSSR count). The quantitative estimate of drug-likeness (QED) is 0.532. The summed E-state index contributed by atoms with van der Waals surface area (Å²) < 4.78 is 11.3. The van der Waals surface area contributed by atoms with Gasteiger partial charge >= 0.3 is 0 Å². The summed E-state index contributed by atoms with van der Waals surface area (Å²) in [4.78, 5) is 15.2. The third-order valence-electron chi connectivity index (χ3n) is 5.63. The number of ether oxygens (including phenoxy) is 1. The van der Waals surface area contributed by atoms with E-state index in [9.17, 15) is 4.79 Å². The van der Waals surface area contributed by atoms with Crippen LogP contribution in [-0.4, -0.2) is 36.6 Å². The standard InChI is InChI=1S/C26H30N2O3/c29-26(20-28(18-23-13-7-15-30-23)19-24-14-8-16-31-24)27-25(22-11-5-2-6-12-22)17-21-9-3-1-4-10-21/h1-7,9-13,15,24-25H,8,14,16-20H2,(H,27,29). The van der Waals surface area contributed by atoms with Gasteiger partial charge in [0.2, 0.25) is 5.91 Å². The molecule has 1 saturated heterocycles. The van der Waals surface area contributed by atoms with Crippen molar-refractivity contribution in [2.24, 2.45) is 0 Å². The molecule has 5 heteroatoms. The summed E-state index contributed by atoms with van der Waals surface area (Å²) in [6, 6.07) is 24.2. The number of hydrogen-bond donors (Lipinski definition) is 1. The SMILES string of the molecule is O=C(CN(Cc1ccco1)CC1CCCO1)NC(Cc1ccccc1)c1ccccc1. The molecule has 0 radical (unpaired) electrons. The largest absolute Gasteiger partial charge is 0.468 e. The zero-order valence-corrected chi connectivity index (χ0v) is 17.8. The van der Waals surface area contributed by atoms with E-state index in [4.69, 9.17) is 9.15 Å². The van der Waals surface area contributed by atoms with E-state index in [2.05, 4.69) is 34.5 Å². The second-order valence-corrected chi connectivity index (χ2v) is 8.10. The fraction of sp³-hybridized carbons (Fsp3) is 0.346. The lowest BCUT2D eigenvalue weighted by molar-refractivity contribution is -0.123. The van der Waals surface area contributed by atoms with Crippen LogP contribution < -0.4 is 5.32 Å². The normalized spacial score (nSPS) is 17.0. The number of rotatable bonds is 10. The number of nitrogens with one attached hydrogen (secondary N) is 1. The van der Waals surface area contributed by atoms with Gasteiger partial charge < -0.3 is 14.5 Å². The molecule has 1 N–H and O–H groups in total. The Morgan fingerprint density at radius 2 is 1.81 bits per heavy atom. The molecular weight excluding hydrogens is 388 g/mol. The van der Waals surface area contributed by atoms with Crippen LogP contribution in [0.1, 0.15) is 35.8 Å². The van der Waals surface area contributed by atoms with E-state index >= 15 is 0 Å². The van der Waals surface area contributed by atoms with Gasteiger partial charge in [0.1, 0.15) is 5.76 Å². The third-order valence-corrected chi connectivity index (χ3v) is 5.63. The fourth-order valence-electron chi connectivity index (χ4n) is 4.11. The van der Waals surface area contributed by atoms with E-state index in [-0.39, 0.29) is 18.1 Å². The van der Waals surface area contributed by atoms with Gasteiger partial charge in [-0.15, -0.1) is 0 Å². The van der Waals surface area contributed by atoms with Crippen LogP contribution in [-0.2, 0) is 22.5 Å². The molecule has 162 valence electrons. The average molecular weight is 419 g/mol. The van der Waals surface area contributed by atoms with Gasteiger partial charge in [-0.25, -0.2) is 0 Å². The lowest BCUT2D eigenvalue weighted by Crippen LogP contribution is -2.42. The highest BCUT2D eigenvalue weighted by Crippen LogP contribution is 2.19. The molecule has 1 aliphatic heterocycles. The predicted octanol–water partition coefficient (Wildman–Crippen LogP) is 4.36. The fourth-order valence-corrected chi connectivity index (χ4v) is 4.11. The first-order chi connectivity index (χ1) is 15.3. The molecule has 1 amide bonds. The van der Waals surface area contributed by atoms with E-state index in [0.717, 1.165) is 43.7 Å². The van der Waals surface area contributed by atoms with E-state index in [1.165, 1.54) is 5.56 Å². The van der Waals surface area contributed by atoms with E-state index in [1.54, 1.807) is 6.26 Å². The number of carbonyl (C=O) groups excluding carboxylic acids is 1. The summed E-state index contributed by atoms with van der Waals surface area (Å²) in [7, 11) is 0. The molecule has 0 bridgehead atoms. The smallest absolute Gasteiger partial charge is 0.234 e. The molecule has 0 spiro atoms. The maximum Gasteiger partial charge on any atom is 0.234 e. The maximum atomic E-state index is 13.1. The average Bonchev–Trinajstić information content (AvgIpc) is 3.49. The zero-order valence-electron chi connectivity index (χ0n) is 17.8. The van der Waals surface area contributed by atoms with E-state index in [1.807, 2.05) is 48.5 Å². The van der Waals surface area contributed by atoms with Crippen molar-refractivity contribution >= 4 is 5.91 Å². The number of benzene rings is 2. The van der Waals surface area contributed by atoms with Crippen molar-refractivity contribution in [1.29, 1.82) is 0 Å². The maximum absolute atomic E-state index is 13.1. The zero-order chi connectivity index (χ0) is 21.3. The van der Waals surface area contributed by atoms with E-state index in [0.29, 0.717) is 13.1 Å². The Morgan fingerprint density at radius 1 is 1.03 bits per heavy atom. The minimum absolute atomic E-state index is 0.00865. The van der Waals surface area contributed by atoms with Crippen molar-refractivity contribution in [3.8, 4) is 0 Å². The van der Waals surface area contributed by atoms with Crippen molar-refractivity contribution in [1.82, 2.24) is 10.2 Å². The summed E-state index contributed by atoms with van der Waals surface area (Å²) in [5, 5.41) is 3.26. The molecule has 0 saturated carbocycles. The van der Waals surface area contributed by atoms with Crippen molar-refractivity contribution in [3.05, 3.63) is 95.9 Å². The summed E-state index contributed by atoms with van der Waals surface area (Å²) in [6.45, 7) is 2.43. The molecule has 2 unspecified atom stereocenters. The van der Waals surface area contributed by atoms with Crippen LogP contribution in [0.25, 0.3) is 0 Å². The van der Waals surface area contributed by atoms with Gasteiger partial charge in [-0.3, -0.25) is 9.69 Å². The van der Waals surface area contributed by atoms with Crippen molar-refractivity contribution in [2.75, 3.05) is 19.7 Å². The topological polar surface area (TPSA) is 54.7 Å². The Balaban J connectivity index is 1.43. The lowest BCUT2D eigenvalue weighted by Gasteiger charge is -2.26. The first kappa shape index (κ1) is 21.3. The second kappa shape index (κ2) is 10.9. The summed E-state index contributed by atoms with van der Waals surface area (Å²) in [6.07, 6.45) is 4.72. The highest BCUT2D eigenvalue weighted by molar-refractivity contribution is 5.78. The van der Waals surface area contributed by atoms with Crippen LogP contribution >= 0.6 is 0 Å². The van der Waals surface area contributed by atoms with Gasteiger partial charge in [0.25, 0.3) is 0 Å². The second-order valence-electron chi connectivity index (χ2n) is 8.10. The van der Waals surface area contributed by atoms with Crippen LogP contribution in [0.15, 0.2) is 83.5 Å². The number of furan rings is 1. The van der Waals surface area contributed by atoms with Crippen molar-refractivity contribution in [2.45, 2.75) is 38.0 Å². The minimum Gasteiger partial charge on any atom is -0.468 e. The molecule has 2 heterocycles. The number of hydrogen-bond acceptors (Lipinski definition) is 4. The molecule has 1 aliphatic rings. The predicted molar refractivity (Wildman–Crippen MR) is 120 cm³/mol. The molecule has 1 fully saturated rings. The van der Waals surface area contributed by atoms with Gasteiger partial charge in [-0.2, -0.15) is 0 Å². The lowest BCUT2D eigenvalue weighted by atomic mass is 9.99. The van der Waals surface area contributed by atoms with Crippen molar-refractivity contribution in [3.63, 3.8) is 0 Å². The molecule has 0 aliphatic carbocycles. The van der Waals surface area contributed by atoms with Gasteiger partial charge in [-0.05, 0) is 42.5 Å². The summed E-state index contributed by atoms with van der Waals surface area (Å²) >= 11 is 0. The van der Waals surface area contributed by atoms with Crippen LogP contribution in [0.2, 0.25) is 0 Å². The van der Waals surface area contributed by atoms with Crippen molar-refractivity contribution < 1.29 is 13.9 Å². The molecule has 1 aromatic heterocycles. The molecule has 2 atom stereocenters. The first-order valence-electron chi connectivity index (χ1n) is 11.0. The van der Waals surface area contributed by atoms with E-state index < -0.39 is 0 Å². The van der Waals surface area contributed by atoms with Crippen LogP contribution in [0.5, 0.6) is 0 Å². The summed E-state index contributed by atoms with van der Waals surface area (Å²) in [5.74, 6) is 0.865. The highest BCUT2D eigenvalue weighted by Gasteiger charge is 2.23. The molecule has 5 nitrogen and oxygen atoms in total. The Bertz CT molecular complexity index is 906. The highest BCUT2D eigenvalue weighted by atomic mass is 16.5. The molecule has 2 aromatic carbocycles. The van der Waals surface area contributed by atoms with Crippen LogP contribution in [0, 0.1) is 0 Å². The minimum atomic E-state index is -0.0794. The van der Waals surface area contributed by atoms with Gasteiger partial charge in [0.05, 0.1) is 31.5 Å². The molecule has 31 heavy (non-hydrogen) atoms. The van der Waals surface area contributed by atoms with Gasteiger partial charge in [0, 0.05) is 13.2 Å². The Hall–Kier alpha value is -2.89. The summed E-state index contributed by atoms with van der Waals surface area (Å²) in [5.41, 5.74) is 2.31. The molecular formula is C26H30N2O3. The number of carbonyl (C=O) groups is 1. The van der Waals surface area contributed by atoms with Gasteiger partial charge in [-0.1, -0.05) is 60.7 Å². The number of nitrogens with zero attached hydrogens (tertiary/aromatic N) is 1. The first-order valence-corrected chi connectivity index (χ1v) is 11.0. The Kier molecular flexibility index (Phi) is 7.53. The third kappa shape index (κ3) is 6.54. The van der Waals surface area contributed by atoms with Crippen LogP contribution in [0.4, 0.5) is 0 Å². The van der Waals surface area contributed by atoms with Crippen LogP contribution in [0.3, 0.4) is 0 Å². The number of amides is 1. The van der Waals surface area contributed by atoms with Gasteiger partial charge in [0.15, 0.2) is 0 Å². The Morgan fingerprint density at radius 3 is 2.48 bits per heavy atom. The Labute approximate surface area is 184 Å². The monoisotopic (exact) mass is 418 g/mol. The molecule has 3 aromatic rings.